The van der Waals surface area contributed by atoms with Crippen LogP contribution in [0.4, 0.5) is 0 Å². The molecule has 0 spiro atoms. The summed E-state index contributed by atoms with van der Waals surface area (Å²) in [5.41, 5.74) is 15.6. The van der Waals surface area contributed by atoms with Crippen molar-refractivity contribution in [2.24, 2.45) is 11.5 Å². The van der Waals surface area contributed by atoms with Crippen LogP contribution in [0.1, 0.15) is 0 Å². The van der Waals surface area contributed by atoms with E-state index in [0.717, 1.165) is 22.5 Å². The Labute approximate surface area is 178 Å². The number of hydrogen-bond donors (Lipinski definition) is 2. The monoisotopic (exact) mass is 394 g/mol. The largest absolute Gasteiger partial charge is 0.405 e. The molecular formula is C26H26N4. The second-order valence-corrected chi connectivity index (χ2v) is 6.06. The number of pyridine rings is 2. The molecule has 0 saturated heterocycles. The fourth-order valence-corrected chi connectivity index (χ4v) is 2.76. The first-order valence-electron chi connectivity index (χ1n) is 9.42. The predicted molar refractivity (Wildman–Crippen MR) is 127 cm³/mol. The van der Waals surface area contributed by atoms with Crippen molar-refractivity contribution in [3.05, 3.63) is 123 Å². The van der Waals surface area contributed by atoms with Gasteiger partial charge in [-0.1, -0.05) is 73.8 Å². The zero-order chi connectivity index (χ0) is 21.6. The first-order chi connectivity index (χ1) is 14.7. The Morgan fingerprint density at radius 3 is 1.20 bits per heavy atom. The molecule has 0 amide bonds. The summed E-state index contributed by atoms with van der Waals surface area (Å²) in [7, 11) is 0. The van der Waals surface area contributed by atoms with E-state index in [2.05, 4.69) is 71.0 Å². The molecule has 0 aliphatic heterocycles. The van der Waals surface area contributed by atoms with Gasteiger partial charge >= 0.3 is 0 Å². The molecule has 0 aliphatic carbocycles. The van der Waals surface area contributed by atoms with Gasteiger partial charge in [0.25, 0.3) is 0 Å². The van der Waals surface area contributed by atoms with E-state index in [9.17, 15) is 0 Å². The van der Waals surface area contributed by atoms with Crippen LogP contribution in [0.15, 0.2) is 123 Å². The molecule has 0 atom stereocenters. The summed E-state index contributed by atoms with van der Waals surface area (Å²) < 4.78 is 0. The van der Waals surface area contributed by atoms with Gasteiger partial charge in [0.1, 0.15) is 0 Å². The first kappa shape index (κ1) is 22.1. The number of rotatable bonds is 3. The second kappa shape index (κ2) is 12.3. The normalized spacial score (nSPS) is 9.20. The van der Waals surface area contributed by atoms with Crippen LogP contribution in [-0.2, 0) is 0 Å². The van der Waals surface area contributed by atoms with E-state index in [0.29, 0.717) is 0 Å². The van der Waals surface area contributed by atoms with Gasteiger partial charge in [-0.25, -0.2) is 0 Å². The van der Waals surface area contributed by atoms with E-state index < -0.39 is 0 Å². The molecule has 2 aromatic heterocycles. The maximum Gasteiger partial charge on any atom is 0.0892 e. The van der Waals surface area contributed by atoms with Crippen LogP contribution < -0.4 is 11.5 Å². The van der Waals surface area contributed by atoms with Crippen molar-refractivity contribution in [2.45, 2.75) is 0 Å². The maximum absolute atomic E-state index is 4.61. The van der Waals surface area contributed by atoms with Crippen molar-refractivity contribution in [3.8, 4) is 33.6 Å². The number of hydrogen-bond acceptors (Lipinski definition) is 4. The molecule has 0 radical (unpaired) electrons. The number of nitrogens with two attached hydrogens (primary N) is 2. The molecule has 2 heterocycles. The van der Waals surface area contributed by atoms with Gasteiger partial charge in [-0.15, -0.1) is 0 Å². The number of aromatic nitrogens is 2. The molecule has 4 heteroatoms. The smallest absolute Gasteiger partial charge is 0.0892 e. The van der Waals surface area contributed by atoms with E-state index >= 15 is 0 Å². The van der Waals surface area contributed by atoms with E-state index in [1.165, 1.54) is 23.5 Å². The van der Waals surface area contributed by atoms with Crippen LogP contribution in [0.2, 0.25) is 0 Å². The lowest BCUT2D eigenvalue weighted by Crippen LogP contribution is -1.89. The van der Waals surface area contributed by atoms with Gasteiger partial charge in [0.05, 0.1) is 11.4 Å². The second-order valence-electron chi connectivity index (χ2n) is 6.06. The van der Waals surface area contributed by atoms with Crippen LogP contribution in [0.5, 0.6) is 0 Å². The summed E-state index contributed by atoms with van der Waals surface area (Å²) in [6, 6.07) is 28.9. The highest BCUT2D eigenvalue weighted by molar-refractivity contribution is 5.72. The minimum absolute atomic E-state index is 0.883. The third-order valence-corrected chi connectivity index (χ3v) is 4.00. The lowest BCUT2D eigenvalue weighted by Gasteiger charge is -2.07. The van der Waals surface area contributed by atoms with Crippen molar-refractivity contribution in [3.63, 3.8) is 0 Å². The van der Waals surface area contributed by atoms with Crippen molar-refractivity contribution in [1.82, 2.24) is 9.97 Å². The van der Waals surface area contributed by atoms with Gasteiger partial charge < -0.3 is 11.5 Å². The number of benzene rings is 2. The fourth-order valence-electron chi connectivity index (χ4n) is 2.76. The van der Waals surface area contributed by atoms with Gasteiger partial charge in [0.15, 0.2) is 0 Å². The minimum atomic E-state index is 0.883. The van der Waals surface area contributed by atoms with Crippen molar-refractivity contribution >= 4 is 0 Å². The molecule has 4 N–H and O–H groups in total. The molecule has 0 bridgehead atoms. The van der Waals surface area contributed by atoms with E-state index in [-0.39, 0.29) is 0 Å². The Bertz CT molecular complexity index is 958. The van der Waals surface area contributed by atoms with Gasteiger partial charge in [-0.2, -0.15) is 0 Å². The first-order valence-corrected chi connectivity index (χ1v) is 9.42. The molecule has 0 aliphatic rings. The third-order valence-electron chi connectivity index (χ3n) is 4.00. The topological polar surface area (TPSA) is 77.8 Å². The average Bonchev–Trinajstić information content (AvgIpc) is 2.81. The summed E-state index contributed by atoms with van der Waals surface area (Å²) in [6.07, 6.45) is 6.18. The summed E-state index contributed by atoms with van der Waals surface area (Å²) >= 11 is 0. The molecule has 4 rings (SSSR count). The van der Waals surface area contributed by atoms with Crippen LogP contribution in [0.25, 0.3) is 33.6 Å². The Morgan fingerprint density at radius 1 is 0.533 bits per heavy atom. The van der Waals surface area contributed by atoms with Crippen LogP contribution >= 0.6 is 0 Å². The van der Waals surface area contributed by atoms with Crippen molar-refractivity contribution in [2.75, 3.05) is 0 Å². The predicted octanol–water partition coefficient (Wildman–Crippen LogP) is 5.65. The zero-order valence-electron chi connectivity index (χ0n) is 16.9. The van der Waals surface area contributed by atoms with Gasteiger partial charge in [0.2, 0.25) is 0 Å². The Morgan fingerprint density at radius 2 is 0.867 bits per heavy atom. The molecule has 0 unspecified atom stereocenters. The summed E-state index contributed by atoms with van der Waals surface area (Å²) in [6.45, 7) is 6.28. The standard InChI is InChI=1S/C22H16N2.2C2H5N/c1-3-7-17(8-4-1)19-11-13-23-21(15-19)22-16-20(12-14-24-22)18-9-5-2-6-10-18;2*1-2-3/h1-16H;2*2H,1,3H2. The highest BCUT2D eigenvalue weighted by atomic mass is 14.8. The highest BCUT2D eigenvalue weighted by Gasteiger charge is 2.06. The molecule has 2 aromatic carbocycles. The van der Waals surface area contributed by atoms with Gasteiger partial charge in [-0.05, 0) is 58.9 Å². The van der Waals surface area contributed by atoms with Gasteiger partial charge in [0, 0.05) is 12.4 Å². The zero-order valence-corrected chi connectivity index (χ0v) is 16.9. The van der Waals surface area contributed by atoms with Crippen LogP contribution in [0, 0.1) is 0 Å². The molecule has 150 valence electrons. The SMILES string of the molecule is C=CN.C=CN.c1ccc(-c2ccnc(-c3cc(-c4ccccc4)ccn3)c2)cc1. The third kappa shape index (κ3) is 6.46. The van der Waals surface area contributed by atoms with Gasteiger partial charge in [-0.3, -0.25) is 9.97 Å². The lowest BCUT2D eigenvalue weighted by atomic mass is 10.0. The molecule has 30 heavy (non-hydrogen) atoms. The van der Waals surface area contributed by atoms with E-state index in [1.807, 2.05) is 60.9 Å². The highest BCUT2D eigenvalue weighted by Crippen LogP contribution is 2.26. The lowest BCUT2D eigenvalue weighted by molar-refractivity contribution is 1.25. The molecule has 0 saturated carbocycles. The maximum atomic E-state index is 4.61. The van der Waals surface area contributed by atoms with Crippen molar-refractivity contribution in [1.29, 1.82) is 0 Å². The molecule has 4 nitrogen and oxygen atoms in total. The molecular weight excluding hydrogens is 368 g/mol. The summed E-state index contributed by atoms with van der Waals surface area (Å²) in [4.78, 5) is 9.01. The summed E-state index contributed by atoms with van der Waals surface area (Å²) in [5.74, 6) is 0. The Hall–Kier alpha value is -4.18. The van der Waals surface area contributed by atoms with E-state index in [1.54, 1.807) is 0 Å². The molecule has 0 fully saturated rings. The Kier molecular flexibility index (Phi) is 9.08. The molecule has 4 aromatic rings. The van der Waals surface area contributed by atoms with Crippen molar-refractivity contribution < 1.29 is 0 Å². The number of nitrogens with zero attached hydrogens (tertiary/aromatic N) is 2. The minimum Gasteiger partial charge on any atom is -0.405 e. The Balaban J connectivity index is 0.000000480. The quantitative estimate of drug-likeness (QED) is 0.470. The van der Waals surface area contributed by atoms with Crippen LogP contribution in [-0.4, -0.2) is 9.97 Å². The average molecular weight is 395 g/mol. The van der Waals surface area contributed by atoms with Crippen LogP contribution in [0.3, 0.4) is 0 Å². The summed E-state index contributed by atoms with van der Waals surface area (Å²) in [5, 5.41) is 0. The van der Waals surface area contributed by atoms with E-state index in [4.69, 9.17) is 0 Å². The fraction of sp³-hybridized carbons (Fsp3) is 0.